The van der Waals surface area contributed by atoms with Crippen molar-refractivity contribution >= 4 is 28.6 Å². The molecule has 0 saturated heterocycles. The minimum absolute atomic E-state index is 0.286. The number of esters is 1. The van der Waals surface area contributed by atoms with Gasteiger partial charge in [-0.3, -0.25) is 14.4 Å². The molecule has 6 heteroatoms. The first-order chi connectivity index (χ1) is 13.4. The van der Waals surface area contributed by atoms with Crippen LogP contribution in [-0.4, -0.2) is 23.8 Å². The zero-order valence-corrected chi connectivity index (χ0v) is 15.3. The van der Waals surface area contributed by atoms with Gasteiger partial charge in [-0.1, -0.05) is 42.5 Å². The monoisotopic (exact) mass is 376 g/mol. The minimum atomic E-state index is -0.855. The van der Waals surface area contributed by atoms with Crippen LogP contribution >= 0.6 is 0 Å². The molecule has 0 spiro atoms. The van der Waals surface area contributed by atoms with Gasteiger partial charge in [-0.05, 0) is 40.6 Å². The van der Waals surface area contributed by atoms with E-state index in [1.807, 2.05) is 42.5 Å². The maximum Gasteiger partial charge on any atom is 0.308 e. The van der Waals surface area contributed by atoms with Crippen molar-refractivity contribution in [3.8, 4) is 5.75 Å². The summed E-state index contributed by atoms with van der Waals surface area (Å²) in [7, 11) is 0. The second-order valence-corrected chi connectivity index (χ2v) is 6.39. The Morgan fingerprint density at radius 1 is 0.964 bits per heavy atom. The molecule has 142 valence electrons. The maximum atomic E-state index is 12.5. The predicted octanol–water partition coefficient (Wildman–Crippen LogP) is 2.59. The lowest BCUT2D eigenvalue weighted by Crippen LogP contribution is -2.45. The minimum Gasteiger partial charge on any atom is -0.427 e. The molecule has 0 heterocycles. The maximum absolute atomic E-state index is 12.5. The zero-order chi connectivity index (χ0) is 20.1. The third kappa shape index (κ3) is 4.54. The van der Waals surface area contributed by atoms with Crippen molar-refractivity contribution in [2.24, 2.45) is 5.73 Å². The molecule has 2 amide bonds. The summed E-state index contributed by atoms with van der Waals surface area (Å²) in [6, 6.07) is 18.8. The number of hydrogen-bond donors (Lipinski definition) is 2. The van der Waals surface area contributed by atoms with Crippen LogP contribution in [0.15, 0.2) is 66.7 Å². The molecule has 3 aromatic carbocycles. The lowest BCUT2D eigenvalue weighted by Gasteiger charge is -2.17. The van der Waals surface area contributed by atoms with Crippen LogP contribution in [0.25, 0.3) is 10.8 Å². The molecule has 0 unspecified atom stereocenters. The molecule has 0 aliphatic heterocycles. The highest BCUT2D eigenvalue weighted by atomic mass is 16.5. The Bertz CT molecular complexity index is 1020. The normalized spacial score (nSPS) is 11.6. The van der Waals surface area contributed by atoms with Crippen LogP contribution in [0, 0.1) is 0 Å². The summed E-state index contributed by atoms with van der Waals surface area (Å²) in [5.74, 6) is -1.15. The molecular weight excluding hydrogens is 356 g/mol. The van der Waals surface area contributed by atoms with E-state index in [2.05, 4.69) is 5.32 Å². The van der Waals surface area contributed by atoms with Gasteiger partial charge >= 0.3 is 5.97 Å². The van der Waals surface area contributed by atoms with Gasteiger partial charge in [0.1, 0.15) is 11.8 Å². The van der Waals surface area contributed by atoms with E-state index in [0.29, 0.717) is 11.3 Å². The summed E-state index contributed by atoms with van der Waals surface area (Å²) in [5, 5.41) is 4.75. The van der Waals surface area contributed by atoms with E-state index < -0.39 is 23.8 Å². The van der Waals surface area contributed by atoms with Gasteiger partial charge in [0.05, 0.1) is 0 Å². The molecule has 3 rings (SSSR count). The number of ether oxygens (including phenoxy) is 1. The van der Waals surface area contributed by atoms with Crippen molar-refractivity contribution in [2.45, 2.75) is 19.4 Å². The first kappa shape index (κ1) is 19.1. The van der Waals surface area contributed by atoms with Crippen LogP contribution in [-0.2, 0) is 16.0 Å². The third-order valence-electron chi connectivity index (χ3n) is 4.33. The number of amides is 2. The standard InChI is InChI=1S/C22H20N2O4/c1-14(25)28-18-11-9-16(10-12-18)22(27)24-20(21(23)26)13-17-7-4-6-15-5-2-3-8-19(15)17/h2-12,20H,13H2,1H3,(H2,23,26)(H,24,27)/t20-/m1/s1. The average molecular weight is 376 g/mol. The first-order valence-corrected chi connectivity index (χ1v) is 8.79. The lowest BCUT2D eigenvalue weighted by atomic mass is 9.98. The molecule has 0 radical (unpaired) electrons. The number of hydrogen-bond acceptors (Lipinski definition) is 4. The number of primary amides is 1. The number of rotatable bonds is 6. The topological polar surface area (TPSA) is 98.5 Å². The molecule has 28 heavy (non-hydrogen) atoms. The van der Waals surface area contributed by atoms with Crippen LogP contribution < -0.4 is 15.8 Å². The van der Waals surface area contributed by atoms with Gasteiger partial charge in [-0.15, -0.1) is 0 Å². The Labute approximate surface area is 162 Å². The predicted molar refractivity (Wildman–Crippen MR) is 106 cm³/mol. The van der Waals surface area contributed by atoms with Crippen molar-refractivity contribution < 1.29 is 19.1 Å². The van der Waals surface area contributed by atoms with Gasteiger partial charge < -0.3 is 15.8 Å². The van der Waals surface area contributed by atoms with E-state index in [0.717, 1.165) is 16.3 Å². The molecule has 3 N–H and O–H groups in total. The van der Waals surface area contributed by atoms with Crippen LogP contribution in [0.3, 0.4) is 0 Å². The molecule has 6 nitrogen and oxygen atoms in total. The molecule has 0 aromatic heterocycles. The van der Waals surface area contributed by atoms with Crippen molar-refractivity contribution in [3.63, 3.8) is 0 Å². The zero-order valence-electron chi connectivity index (χ0n) is 15.3. The number of carbonyl (C=O) groups excluding carboxylic acids is 3. The van der Waals surface area contributed by atoms with Crippen LogP contribution in [0.2, 0.25) is 0 Å². The van der Waals surface area contributed by atoms with E-state index in [1.165, 1.54) is 31.2 Å². The van der Waals surface area contributed by atoms with Crippen LogP contribution in [0.5, 0.6) is 5.75 Å². The number of benzene rings is 3. The van der Waals surface area contributed by atoms with E-state index in [9.17, 15) is 14.4 Å². The number of carbonyl (C=O) groups is 3. The Morgan fingerprint density at radius 3 is 2.32 bits per heavy atom. The average Bonchev–Trinajstić information content (AvgIpc) is 2.67. The Kier molecular flexibility index (Phi) is 5.69. The van der Waals surface area contributed by atoms with E-state index >= 15 is 0 Å². The summed E-state index contributed by atoms with van der Waals surface area (Å²) in [4.78, 5) is 35.4. The van der Waals surface area contributed by atoms with Gasteiger partial charge in [-0.2, -0.15) is 0 Å². The first-order valence-electron chi connectivity index (χ1n) is 8.79. The largest absolute Gasteiger partial charge is 0.427 e. The summed E-state index contributed by atoms with van der Waals surface area (Å²) in [6.45, 7) is 1.30. The molecule has 0 aliphatic rings. The number of nitrogens with one attached hydrogen (secondary N) is 1. The molecular formula is C22H20N2O4. The van der Waals surface area contributed by atoms with Gasteiger partial charge in [0.15, 0.2) is 0 Å². The van der Waals surface area contributed by atoms with E-state index in [1.54, 1.807) is 0 Å². The summed E-state index contributed by atoms with van der Waals surface area (Å²) in [6.07, 6.45) is 0.286. The van der Waals surface area contributed by atoms with Gasteiger partial charge in [-0.25, -0.2) is 0 Å². The second-order valence-electron chi connectivity index (χ2n) is 6.39. The second kappa shape index (κ2) is 8.35. The van der Waals surface area contributed by atoms with Crippen LogP contribution in [0.4, 0.5) is 0 Å². The summed E-state index contributed by atoms with van der Waals surface area (Å²) in [5.41, 5.74) is 6.78. The van der Waals surface area contributed by atoms with Crippen LogP contribution in [0.1, 0.15) is 22.8 Å². The summed E-state index contributed by atoms with van der Waals surface area (Å²) >= 11 is 0. The molecule has 3 aromatic rings. The Morgan fingerprint density at radius 2 is 1.64 bits per heavy atom. The molecule has 0 saturated carbocycles. The highest BCUT2D eigenvalue weighted by molar-refractivity contribution is 5.97. The molecule has 0 fully saturated rings. The van der Waals surface area contributed by atoms with Crippen molar-refractivity contribution in [3.05, 3.63) is 77.9 Å². The van der Waals surface area contributed by atoms with E-state index in [-0.39, 0.29) is 6.42 Å². The molecule has 0 aliphatic carbocycles. The third-order valence-corrected chi connectivity index (χ3v) is 4.33. The molecule has 1 atom stereocenters. The fraction of sp³-hybridized carbons (Fsp3) is 0.136. The van der Waals surface area contributed by atoms with E-state index in [4.69, 9.17) is 10.5 Å². The highest BCUT2D eigenvalue weighted by Crippen LogP contribution is 2.20. The Hall–Kier alpha value is -3.67. The number of fused-ring (bicyclic) bond motifs is 1. The SMILES string of the molecule is CC(=O)Oc1ccc(C(=O)N[C@H](Cc2cccc3ccccc23)C(N)=O)cc1. The smallest absolute Gasteiger partial charge is 0.308 e. The fourth-order valence-corrected chi connectivity index (χ4v) is 3.00. The fourth-order valence-electron chi connectivity index (χ4n) is 3.00. The highest BCUT2D eigenvalue weighted by Gasteiger charge is 2.20. The van der Waals surface area contributed by atoms with Crippen molar-refractivity contribution in [1.29, 1.82) is 0 Å². The Balaban J connectivity index is 1.76. The lowest BCUT2D eigenvalue weighted by molar-refractivity contribution is -0.131. The van der Waals surface area contributed by atoms with Gasteiger partial charge in [0.2, 0.25) is 5.91 Å². The number of nitrogens with two attached hydrogens (primary N) is 1. The van der Waals surface area contributed by atoms with Gasteiger partial charge in [0, 0.05) is 18.9 Å². The summed E-state index contributed by atoms with van der Waals surface area (Å²) < 4.78 is 4.94. The van der Waals surface area contributed by atoms with Crippen molar-refractivity contribution in [1.82, 2.24) is 5.32 Å². The molecule has 0 bridgehead atoms. The quantitative estimate of drug-likeness (QED) is 0.510. The van der Waals surface area contributed by atoms with Gasteiger partial charge in [0.25, 0.3) is 5.91 Å². The van der Waals surface area contributed by atoms with Crippen molar-refractivity contribution in [2.75, 3.05) is 0 Å².